The molecule has 4 nitrogen and oxygen atoms in total. The van der Waals surface area contributed by atoms with Crippen molar-refractivity contribution in [3.05, 3.63) is 12.7 Å². The number of rotatable bonds is 3. The van der Waals surface area contributed by atoms with Crippen molar-refractivity contribution in [1.82, 2.24) is 5.32 Å². The van der Waals surface area contributed by atoms with E-state index in [-0.39, 0.29) is 59.4 Å². The van der Waals surface area contributed by atoms with Crippen LogP contribution >= 0.6 is 0 Å². The zero-order chi connectivity index (χ0) is 7.28. The van der Waals surface area contributed by atoms with Gasteiger partial charge in [-0.05, 0) is 6.08 Å². The summed E-state index contributed by atoms with van der Waals surface area (Å²) in [5.41, 5.74) is 0. The van der Waals surface area contributed by atoms with Crippen molar-refractivity contribution in [2.24, 2.45) is 0 Å². The summed E-state index contributed by atoms with van der Waals surface area (Å²) in [4.78, 5) is 20.0. The Kier molecular flexibility index (Phi) is 9.61. The fourth-order valence-corrected chi connectivity index (χ4v) is 0.235. The van der Waals surface area contributed by atoms with Gasteiger partial charge in [-0.3, -0.25) is 9.59 Å². The van der Waals surface area contributed by atoms with Crippen LogP contribution in [0.2, 0.25) is 0 Å². The Morgan fingerprint density at radius 2 is 2.20 bits per heavy atom. The van der Waals surface area contributed by atoms with Gasteiger partial charge in [0.1, 0.15) is 6.54 Å². The minimum atomic E-state index is -1.06. The molecule has 0 aliphatic carbocycles. The van der Waals surface area contributed by atoms with Gasteiger partial charge in [-0.15, -0.1) is 0 Å². The Bertz CT molecular complexity index is 151. The number of amides is 1. The Hall–Kier alpha value is 0.316. The van der Waals surface area contributed by atoms with E-state index in [4.69, 9.17) is 5.11 Å². The first-order chi connectivity index (χ1) is 4.16. The molecule has 0 aromatic rings. The standard InChI is InChI=1S/C5H7NO3.K.H2/c1-2-4(7)6-3-5(8)9;;/h2H,1,3H2,(H,6,7)(H,8,9);;1H. The molecule has 2 N–H and O–H groups in total. The van der Waals surface area contributed by atoms with Crippen molar-refractivity contribution in [2.45, 2.75) is 0 Å². The van der Waals surface area contributed by atoms with Gasteiger partial charge in [0, 0.05) is 52.8 Å². The minimum Gasteiger partial charge on any atom is -0.480 e. The van der Waals surface area contributed by atoms with Crippen molar-refractivity contribution in [2.75, 3.05) is 6.54 Å². The van der Waals surface area contributed by atoms with Crippen LogP contribution in [0.25, 0.3) is 0 Å². The molecule has 53 valence electrons. The summed E-state index contributed by atoms with van der Waals surface area (Å²) >= 11 is 0. The van der Waals surface area contributed by atoms with Gasteiger partial charge in [0.2, 0.25) is 5.91 Å². The van der Waals surface area contributed by atoms with Crippen LogP contribution in [0.15, 0.2) is 12.7 Å². The SMILES string of the molecule is C=CC(=O)NCC(=O)O.[HH].[K]. The Labute approximate surface area is 103 Å². The van der Waals surface area contributed by atoms with Gasteiger partial charge in [-0.25, -0.2) is 0 Å². The van der Waals surface area contributed by atoms with Crippen molar-refractivity contribution >= 4 is 63.3 Å². The predicted molar refractivity (Wildman–Crippen MR) is 38.7 cm³/mol. The molecule has 0 spiro atoms. The van der Waals surface area contributed by atoms with Crippen LogP contribution in [-0.4, -0.2) is 74.9 Å². The number of hydrogen-bond acceptors (Lipinski definition) is 2. The summed E-state index contributed by atoms with van der Waals surface area (Å²) in [6, 6.07) is 0. The van der Waals surface area contributed by atoms with Crippen LogP contribution in [0.4, 0.5) is 0 Å². The quantitative estimate of drug-likeness (QED) is 0.432. The normalized spacial score (nSPS) is 7.20. The molecule has 0 bridgehead atoms. The minimum absolute atomic E-state index is 0. The van der Waals surface area contributed by atoms with Crippen LogP contribution in [0.3, 0.4) is 0 Å². The molecule has 0 aromatic carbocycles. The summed E-state index contributed by atoms with van der Waals surface area (Å²) in [5, 5.41) is 10.1. The molecule has 1 amide bonds. The topological polar surface area (TPSA) is 66.4 Å². The van der Waals surface area contributed by atoms with Gasteiger partial charge < -0.3 is 10.4 Å². The van der Waals surface area contributed by atoms with Crippen LogP contribution in [0, 0.1) is 0 Å². The number of carboxylic acid groups (broad SMARTS) is 1. The Morgan fingerprint density at radius 1 is 1.70 bits per heavy atom. The summed E-state index contributed by atoms with van der Waals surface area (Å²) < 4.78 is 0. The maximum atomic E-state index is 10.2. The molecular formula is C5H9KNO3. The van der Waals surface area contributed by atoms with E-state index < -0.39 is 11.9 Å². The Morgan fingerprint density at radius 3 is 2.50 bits per heavy atom. The van der Waals surface area contributed by atoms with Gasteiger partial charge in [0.05, 0.1) is 0 Å². The molecule has 0 heterocycles. The van der Waals surface area contributed by atoms with E-state index in [9.17, 15) is 9.59 Å². The molecule has 0 atom stereocenters. The molecule has 0 aromatic heterocycles. The largest absolute Gasteiger partial charge is 0.480 e. The fourth-order valence-electron chi connectivity index (χ4n) is 0.235. The van der Waals surface area contributed by atoms with Crippen molar-refractivity contribution in [1.29, 1.82) is 0 Å². The predicted octanol–water partition coefficient (Wildman–Crippen LogP) is -0.762. The molecule has 1 radical (unpaired) electrons. The second-order valence-corrected chi connectivity index (χ2v) is 1.32. The molecule has 0 saturated heterocycles. The second kappa shape index (κ2) is 7.42. The van der Waals surface area contributed by atoms with Gasteiger partial charge in [-0.1, -0.05) is 6.58 Å². The number of carbonyl (C=O) groups is 2. The smallest absolute Gasteiger partial charge is 0.322 e. The molecule has 0 fully saturated rings. The third kappa shape index (κ3) is 8.32. The molecular weight excluding hydrogens is 161 g/mol. The third-order valence-electron chi connectivity index (χ3n) is 0.599. The average molecular weight is 170 g/mol. The van der Waals surface area contributed by atoms with Crippen molar-refractivity contribution in [3.63, 3.8) is 0 Å². The second-order valence-electron chi connectivity index (χ2n) is 1.32. The van der Waals surface area contributed by atoms with Crippen LogP contribution < -0.4 is 5.32 Å². The van der Waals surface area contributed by atoms with E-state index in [1.165, 1.54) is 0 Å². The summed E-state index contributed by atoms with van der Waals surface area (Å²) in [5.74, 6) is -1.54. The summed E-state index contributed by atoms with van der Waals surface area (Å²) in [7, 11) is 0. The fraction of sp³-hybridized carbons (Fsp3) is 0.200. The van der Waals surface area contributed by atoms with E-state index in [0.29, 0.717) is 0 Å². The summed E-state index contributed by atoms with van der Waals surface area (Å²) in [6.07, 6.45) is 1.02. The van der Waals surface area contributed by atoms with E-state index in [1.54, 1.807) is 0 Å². The molecule has 0 saturated carbocycles. The van der Waals surface area contributed by atoms with E-state index >= 15 is 0 Å². The van der Waals surface area contributed by atoms with E-state index in [0.717, 1.165) is 6.08 Å². The van der Waals surface area contributed by atoms with Gasteiger partial charge in [-0.2, -0.15) is 0 Å². The molecule has 0 aliphatic rings. The number of nitrogens with one attached hydrogen (secondary N) is 1. The molecule has 0 unspecified atom stereocenters. The van der Waals surface area contributed by atoms with Crippen LogP contribution in [0.5, 0.6) is 0 Å². The van der Waals surface area contributed by atoms with Crippen LogP contribution in [0.1, 0.15) is 1.43 Å². The summed E-state index contributed by atoms with van der Waals surface area (Å²) in [6.45, 7) is 2.78. The van der Waals surface area contributed by atoms with Crippen LogP contribution in [-0.2, 0) is 9.59 Å². The molecule has 10 heavy (non-hydrogen) atoms. The molecule has 0 aliphatic heterocycles. The molecule has 0 rings (SSSR count). The number of carboxylic acids is 1. The number of carbonyl (C=O) groups excluding carboxylic acids is 1. The van der Waals surface area contributed by atoms with Gasteiger partial charge >= 0.3 is 5.97 Å². The van der Waals surface area contributed by atoms with E-state index in [1.807, 2.05) is 0 Å². The maximum absolute atomic E-state index is 10.2. The van der Waals surface area contributed by atoms with Gasteiger partial charge in [0.25, 0.3) is 0 Å². The first kappa shape index (κ1) is 12.9. The zero-order valence-corrected chi connectivity index (χ0v) is 8.88. The van der Waals surface area contributed by atoms with Gasteiger partial charge in [0.15, 0.2) is 0 Å². The molecule has 5 heteroatoms. The maximum Gasteiger partial charge on any atom is 0.322 e. The Balaban J connectivity index is -0.000000320. The monoisotopic (exact) mass is 170 g/mol. The van der Waals surface area contributed by atoms with Crippen molar-refractivity contribution in [3.8, 4) is 0 Å². The first-order valence-electron chi connectivity index (χ1n) is 2.29. The first-order valence-corrected chi connectivity index (χ1v) is 2.29. The van der Waals surface area contributed by atoms with Crippen molar-refractivity contribution < 1.29 is 16.1 Å². The zero-order valence-electron chi connectivity index (χ0n) is 5.76. The third-order valence-corrected chi connectivity index (χ3v) is 0.599. The average Bonchev–Trinajstić information content (AvgIpc) is 1.83. The number of hydrogen-bond donors (Lipinski definition) is 2. The van der Waals surface area contributed by atoms with E-state index in [2.05, 4.69) is 11.9 Å². The number of aliphatic carboxylic acids is 1.